The average Bonchev–Trinajstić information content (AvgIpc) is 2.75. The Kier molecular flexibility index (Phi) is 6.89. The summed E-state index contributed by atoms with van der Waals surface area (Å²) in [7, 11) is 0. The molecular formula is C22H25N5O2S. The molecule has 0 unspecified atom stereocenters. The Labute approximate surface area is 179 Å². The fraction of sp³-hybridized carbons (Fsp3) is 0.273. The second-order valence-corrected chi connectivity index (χ2v) is 8.06. The van der Waals surface area contributed by atoms with E-state index in [1.54, 1.807) is 23.9 Å². The second-order valence-electron chi connectivity index (χ2n) is 7.19. The van der Waals surface area contributed by atoms with Crippen molar-refractivity contribution in [2.24, 2.45) is 11.7 Å². The highest BCUT2D eigenvalue weighted by molar-refractivity contribution is 7.98. The maximum Gasteiger partial charge on any atom is 0.251 e. The summed E-state index contributed by atoms with van der Waals surface area (Å²) in [5, 5.41) is 6.79. The molecule has 0 aliphatic heterocycles. The van der Waals surface area contributed by atoms with Gasteiger partial charge in [0.15, 0.2) is 5.82 Å². The highest BCUT2D eigenvalue weighted by Gasteiger charge is 2.21. The number of primary amides is 1. The molecule has 30 heavy (non-hydrogen) atoms. The van der Waals surface area contributed by atoms with Crippen molar-refractivity contribution in [2.45, 2.75) is 31.3 Å². The highest BCUT2D eigenvalue weighted by Crippen LogP contribution is 2.22. The number of carbonyl (C=O) groups is 2. The quantitative estimate of drug-likeness (QED) is 0.480. The van der Waals surface area contributed by atoms with Crippen molar-refractivity contribution in [3.63, 3.8) is 0 Å². The van der Waals surface area contributed by atoms with Gasteiger partial charge in [0.25, 0.3) is 5.91 Å². The molecule has 3 rings (SSSR count). The molecule has 1 heterocycles. The fourth-order valence-electron chi connectivity index (χ4n) is 3.03. The van der Waals surface area contributed by atoms with Crippen LogP contribution >= 0.6 is 11.8 Å². The van der Waals surface area contributed by atoms with Crippen molar-refractivity contribution >= 4 is 40.3 Å². The zero-order valence-corrected chi connectivity index (χ0v) is 18.0. The summed E-state index contributed by atoms with van der Waals surface area (Å²) < 4.78 is 0. The van der Waals surface area contributed by atoms with E-state index in [2.05, 4.69) is 20.6 Å². The van der Waals surface area contributed by atoms with E-state index in [0.717, 1.165) is 15.8 Å². The molecule has 0 aliphatic carbocycles. The minimum atomic E-state index is -0.569. The van der Waals surface area contributed by atoms with Gasteiger partial charge in [-0.05, 0) is 48.6 Å². The zero-order chi connectivity index (χ0) is 21.7. The Morgan fingerprint density at radius 2 is 1.77 bits per heavy atom. The molecule has 1 atom stereocenters. The molecule has 0 saturated heterocycles. The summed E-state index contributed by atoms with van der Waals surface area (Å²) >= 11 is 1.62. The Morgan fingerprint density at radius 3 is 2.40 bits per heavy atom. The van der Waals surface area contributed by atoms with Crippen LogP contribution in [-0.2, 0) is 11.3 Å². The lowest BCUT2D eigenvalue weighted by atomic mass is 10.0. The number of aromatic nitrogens is 2. The van der Waals surface area contributed by atoms with Crippen LogP contribution in [0.4, 0.5) is 5.82 Å². The van der Waals surface area contributed by atoms with Gasteiger partial charge in [0.2, 0.25) is 5.91 Å². The Hall–Kier alpha value is -3.13. The van der Waals surface area contributed by atoms with E-state index in [-0.39, 0.29) is 18.4 Å². The summed E-state index contributed by atoms with van der Waals surface area (Å²) in [6.45, 7) is 3.98. The van der Waals surface area contributed by atoms with Gasteiger partial charge >= 0.3 is 0 Å². The van der Waals surface area contributed by atoms with Crippen molar-refractivity contribution in [1.29, 1.82) is 0 Å². The number of hydrogen-bond acceptors (Lipinski definition) is 6. The number of nitrogens with one attached hydrogen (secondary N) is 2. The minimum absolute atomic E-state index is 0.0105. The molecule has 3 aromatic rings. The van der Waals surface area contributed by atoms with Crippen molar-refractivity contribution in [3.8, 4) is 0 Å². The summed E-state index contributed by atoms with van der Waals surface area (Å²) in [4.78, 5) is 34.5. The molecule has 7 nitrogen and oxygen atoms in total. The Balaban J connectivity index is 1.83. The molecule has 0 fully saturated rings. The fourth-order valence-corrected chi connectivity index (χ4v) is 3.44. The van der Waals surface area contributed by atoms with Gasteiger partial charge in [-0.1, -0.05) is 26.0 Å². The first kappa shape index (κ1) is 21.6. The van der Waals surface area contributed by atoms with Crippen LogP contribution in [0, 0.1) is 5.92 Å². The lowest BCUT2D eigenvalue weighted by Crippen LogP contribution is -2.40. The van der Waals surface area contributed by atoms with Crippen LogP contribution < -0.4 is 16.4 Å². The number of hydrogen-bond donors (Lipinski definition) is 3. The number of amides is 2. The first-order valence-corrected chi connectivity index (χ1v) is 10.8. The largest absolute Gasteiger partial charge is 0.368 e. The summed E-state index contributed by atoms with van der Waals surface area (Å²) in [6, 6.07) is 14.3. The van der Waals surface area contributed by atoms with E-state index >= 15 is 0 Å². The first-order valence-electron chi connectivity index (χ1n) is 9.62. The van der Waals surface area contributed by atoms with E-state index in [1.165, 1.54) is 0 Å². The number of rotatable bonds is 8. The zero-order valence-electron chi connectivity index (χ0n) is 17.2. The maximum atomic E-state index is 12.5. The minimum Gasteiger partial charge on any atom is -0.368 e. The van der Waals surface area contributed by atoms with Gasteiger partial charge in [0, 0.05) is 15.8 Å². The van der Waals surface area contributed by atoms with Crippen molar-refractivity contribution < 1.29 is 9.59 Å². The summed E-state index contributed by atoms with van der Waals surface area (Å²) in [5.41, 5.74) is 6.84. The molecule has 4 N–H and O–H groups in total. The van der Waals surface area contributed by atoms with E-state index in [9.17, 15) is 9.59 Å². The van der Waals surface area contributed by atoms with E-state index in [0.29, 0.717) is 17.2 Å². The molecule has 0 bridgehead atoms. The smallest absolute Gasteiger partial charge is 0.251 e. The van der Waals surface area contributed by atoms with Crippen molar-refractivity contribution in [1.82, 2.24) is 15.3 Å². The van der Waals surface area contributed by atoms with Crippen LogP contribution in [0.5, 0.6) is 0 Å². The van der Waals surface area contributed by atoms with Gasteiger partial charge in [-0.25, -0.2) is 9.97 Å². The maximum absolute atomic E-state index is 12.5. The second kappa shape index (κ2) is 9.58. The lowest BCUT2D eigenvalue weighted by Gasteiger charge is -2.21. The number of nitrogens with zero attached hydrogens (tertiary/aromatic N) is 2. The SMILES string of the molecule is CSc1ccc(C(=O)NCc2nc(N[C@H](C(N)=O)C(C)C)c3ccccc3n2)cc1. The van der Waals surface area contributed by atoms with Gasteiger partial charge in [-0.2, -0.15) is 0 Å². The summed E-state index contributed by atoms with van der Waals surface area (Å²) in [5.74, 6) is 0.301. The number of anilines is 1. The predicted molar refractivity (Wildman–Crippen MR) is 120 cm³/mol. The third-order valence-corrected chi connectivity index (χ3v) is 5.42. The number of carbonyl (C=O) groups excluding carboxylic acids is 2. The van der Waals surface area contributed by atoms with Crippen LogP contribution in [0.25, 0.3) is 10.9 Å². The predicted octanol–water partition coefficient (Wildman–Crippen LogP) is 3.20. The molecule has 8 heteroatoms. The van der Waals surface area contributed by atoms with Gasteiger partial charge in [-0.15, -0.1) is 11.8 Å². The number of thioether (sulfide) groups is 1. The van der Waals surface area contributed by atoms with Crippen LogP contribution in [0.3, 0.4) is 0 Å². The molecule has 2 amide bonds. The van der Waals surface area contributed by atoms with E-state index < -0.39 is 11.9 Å². The normalized spacial score (nSPS) is 12.0. The number of para-hydroxylation sites is 1. The average molecular weight is 424 g/mol. The number of nitrogens with two attached hydrogens (primary N) is 1. The third kappa shape index (κ3) is 5.07. The van der Waals surface area contributed by atoms with E-state index in [1.807, 2.05) is 56.5 Å². The standard InChI is InChI=1S/C22H25N5O2S/c1-13(2)19(20(23)28)27-21-16-6-4-5-7-17(16)25-18(26-21)12-24-22(29)14-8-10-15(30-3)11-9-14/h4-11,13,19H,12H2,1-3H3,(H2,23,28)(H,24,29)(H,25,26,27)/t19-/m0/s1. The molecule has 1 aromatic heterocycles. The first-order chi connectivity index (χ1) is 14.4. The van der Waals surface area contributed by atoms with Gasteiger partial charge in [0.1, 0.15) is 11.9 Å². The molecule has 156 valence electrons. The highest BCUT2D eigenvalue weighted by atomic mass is 32.2. The summed E-state index contributed by atoms with van der Waals surface area (Å²) in [6.07, 6.45) is 1.99. The molecule has 0 radical (unpaired) electrons. The van der Waals surface area contributed by atoms with Crippen LogP contribution in [0.1, 0.15) is 30.0 Å². The monoisotopic (exact) mass is 423 g/mol. The number of benzene rings is 2. The van der Waals surface area contributed by atoms with Crippen LogP contribution in [-0.4, -0.2) is 34.1 Å². The molecule has 0 spiro atoms. The van der Waals surface area contributed by atoms with Gasteiger partial charge < -0.3 is 16.4 Å². The van der Waals surface area contributed by atoms with Crippen molar-refractivity contribution in [3.05, 3.63) is 59.9 Å². The van der Waals surface area contributed by atoms with Crippen molar-refractivity contribution in [2.75, 3.05) is 11.6 Å². The molecule has 2 aromatic carbocycles. The van der Waals surface area contributed by atoms with Gasteiger partial charge in [0.05, 0.1) is 12.1 Å². The van der Waals surface area contributed by atoms with Gasteiger partial charge in [-0.3, -0.25) is 9.59 Å². The Bertz CT molecular complexity index is 1050. The molecule has 0 saturated carbocycles. The van der Waals surface area contributed by atoms with Crippen LogP contribution in [0.15, 0.2) is 53.4 Å². The lowest BCUT2D eigenvalue weighted by molar-refractivity contribution is -0.119. The van der Waals surface area contributed by atoms with E-state index in [4.69, 9.17) is 5.73 Å². The molecular weight excluding hydrogens is 398 g/mol. The number of fused-ring (bicyclic) bond motifs is 1. The van der Waals surface area contributed by atoms with Crippen LogP contribution in [0.2, 0.25) is 0 Å². The Morgan fingerprint density at radius 1 is 1.07 bits per heavy atom. The molecule has 0 aliphatic rings. The topological polar surface area (TPSA) is 110 Å². The third-order valence-electron chi connectivity index (χ3n) is 4.67.